The number of ether oxygens (including phenoxy) is 1. The zero-order valence-corrected chi connectivity index (χ0v) is 17.3. The highest BCUT2D eigenvalue weighted by Gasteiger charge is 2.33. The smallest absolute Gasteiger partial charge is 0.410 e. The van der Waals surface area contributed by atoms with E-state index in [1.807, 2.05) is 32.6 Å². The summed E-state index contributed by atoms with van der Waals surface area (Å²) in [6.45, 7) is 11.0. The number of amides is 1. The summed E-state index contributed by atoms with van der Waals surface area (Å²) in [6.07, 6.45) is 3.73. The summed E-state index contributed by atoms with van der Waals surface area (Å²) in [5, 5.41) is 0. The van der Waals surface area contributed by atoms with Gasteiger partial charge < -0.3 is 15.4 Å². The fourth-order valence-corrected chi connectivity index (χ4v) is 3.73. The van der Waals surface area contributed by atoms with Crippen molar-refractivity contribution >= 4 is 6.09 Å². The van der Waals surface area contributed by atoms with Gasteiger partial charge in [0.25, 0.3) is 0 Å². The standard InChI is InChI=1S/C22H35N3O2/c1-16(23)18-7-9-19(10-8-18)20(15-17-5-6-17)24-11-13-25(14-12-24)21(26)27-22(2,3)4/h7-10,16-17,20H,5-6,11-15,23H2,1-4H3/t16-,20-/m0/s1. The van der Waals surface area contributed by atoms with Crippen LogP contribution in [0.1, 0.15) is 70.2 Å². The molecule has 0 aromatic heterocycles. The Morgan fingerprint density at radius 1 is 1.11 bits per heavy atom. The molecule has 150 valence electrons. The number of piperazine rings is 1. The zero-order valence-electron chi connectivity index (χ0n) is 17.3. The number of nitrogens with zero attached hydrogens (tertiary/aromatic N) is 2. The first kappa shape index (κ1) is 20.2. The Morgan fingerprint density at radius 3 is 2.15 bits per heavy atom. The first-order valence-corrected chi connectivity index (χ1v) is 10.3. The monoisotopic (exact) mass is 373 g/mol. The van der Waals surface area contributed by atoms with Crippen molar-refractivity contribution in [2.75, 3.05) is 26.2 Å². The van der Waals surface area contributed by atoms with Crippen LogP contribution in [-0.2, 0) is 4.74 Å². The SMILES string of the molecule is C[C@H](N)c1ccc([C@H](CC2CC2)N2CCN(C(=O)OC(C)(C)C)CC2)cc1. The van der Waals surface area contributed by atoms with E-state index in [1.54, 1.807) is 0 Å². The predicted octanol–water partition coefficient (Wildman–Crippen LogP) is 4.10. The molecular weight excluding hydrogens is 338 g/mol. The molecule has 1 saturated carbocycles. The van der Waals surface area contributed by atoms with Crippen LogP contribution < -0.4 is 5.73 Å². The highest BCUT2D eigenvalue weighted by molar-refractivity contribution is 5.68. The van der Waals surface area contributed by atoms with E-state index in [0.29, 0.717) is 6.04 Å². The molecule has 1 aromatic carbocycles. The van der Waals surface area contributed by atoms with Gasteiger partial charge in [0.1, 0.15) is 5.60 Å². The van der Waals surface area contributed by atoms with E-state index in [9.17, 15) is 4.79 Å². The van der Waals surface area contributed by atoms with E-state index >= 15 is 0 Å². The number of benzene rings is 1. The summed E-state index contributed by atoms with van der Waals surface area (Å²) in [5.41, 5.74) is 8.11. The Hall–Kier alpha value is -1.59. The van der Waals surface area contributed by atoms with Gasteiger partial charge in [-0.15, -0.1) is 0 Å². The van der Waals surface area contributed by atoms with Gasteiger partial charge in [0.15, 0.2) is 0 Å². The minimum absolute atomic E-state index is 0.0679. The molecule has 1 amide bonds. The number of carbonyl (C=O) groups is 1. The lowest BCUT2D eigenvalue weighted by Crippen LogP contribution is -2.50. The summed E-state index contributed by atoms with van der Waals surface area (Å²) < 4.78 is 5.52. The highest BCUT2D eigenvalue weighted by atomic mass is 16.6. The predicted molar refractivity (Wildman–Crippen MR) is 109 cm³/mol. The first-order chi connectivity index (χ1) is 12.7. The van der Waals surface area contributed by atoms with Crippen molar-refractivity contribution in [1.29, 1.82) is 0 Å². The molecule has 1 aromatic rings. The molecule has 0 unspecified atom stereocenters. The normalized spacial score (nSPS) is 21.0. The fourth-order valence-electron chi connectivity index (χ4n) is 3.73. The molecule has 1 saturated heterocycles. The topological polar surface area (TPSA) is 58.8 Å². The molecule has 5 heteroatoms. The third-order valence-corrected chi connectivity index (χ3v) is 5.51. The molecule has 0 radical (unpaired) electrons. The van der Waals surface area contributed by atoms with Gasteiger partial charge >= 0.3 is 6.09 Å². The molecule has 2 fully saturated rings. The second-order valence-corrected chi connectivity index (χ2v) is 9.15. The Labute approximate surface area is 163 Å². The Balaban J connectivity index is 1.64. The van der Waals surface area contributed by atoms with E-state index in [-0.39, 0.29) is 12.1 Å². The lowest BCUT2D eigenvalue weighted by atomic mass is 9.96. The number of carbonyl (C=O) groups excluding carboxylic acids is 1. The summed E-state index contributed by atoms with van der Waals surface area (Å²) in [5.74, 6) is 0.854. The van der Waals surface area contributed by atoms with Crippen LogP contribution in [0.15, 0.2) is 24.3 Å². The maximum Gasteiger partial charge on any atom is 0.410 e. The Bertz CT molecular complexity index is 624. The summed E-state index contributed by atoms with van der Waals surface area (Å²) in [4.78, 5) is 16.7. The van der Waals surface area contributed by atoms with Crippen LogP contribution in [0.3, 0.4) is 0 Å². The molecule has 1 aliphatic carbocycles. The first-order valence-electron chi connectivity index (χ1n) is 10.3. The Morgan fingerprint density at radius 2 is 1.67 bits per heavy atom. The largest absolute Gasteiger partial charge is 0.444 e. The molecule has 0 spiro atoms. The summed E-state index contributed by atoms with van der Waals surface area (Å²) in [6, 6.07) is 9.31. The van der Waals surface area contributed by atoms with Crippen molar-refractivity contribution in [3.05, 3.63) is 35.4 Å². The summed E-state index contributed by atoms with van der Waals surface area (Å²) >= 11 is 0. The second kappa shape index (κ2) is 8.19. The molecule has 1 aliphatic heterocycles. The molecule has 2 N–H and O–H groups in total. The van der Waals surface area contributed by atoms with Crippen molar-refractivity contribution in [2.24, 2.45) is 11.7 Å². The maximum atomic E-state index is 12.3. The second-order valence-electron chi connectivity index (χ2n) is 9.15. The molecule has 3 rings (SSSR count). The molecule has 2 atom stereocenters. The van der Waals surface area contributed by atoms with Crippen molar-refractivity contribution in [3.63, 3.8) is 0 Å². The molecule has 5 nitrogen and oxygen atoms in total. The number of rotatable bonds is 5. The third-order valence-electron chi connectivity index (χ3n) is 5.51. The van der Waals surface area contributed by atoms with E-state index in [0.717, 1.165) is 32.1 Å². The van der Waals surface area contributed by atoms with E-state index in [2.05, 4.69) is 29.2 Å². The zero-order chi connectivity index (χ0) is 19.6. The quantitative estimate of drug-likeness (QED) is 0.844. The van der Waals surface area contributed by atoms with E-state index in [4.69, 9.17) is 10.5 Å². The van der Waals surface area contributed by atoms with Gasteiger partial charge in [-0.25, -0.2) is 4.79 Å². The van der Waals surface area contributed by atoms with Crippen LogP contribution in [0.4, 0.5) is 4.79 Å². The van der Waals surface area contributed by atoms with Gasteiger partial charge in [-0.3, -0.25) is 4.90 Å². The lowest BCUT2D eigenvalue weighted by Gasteiger charge is -2.40. The average molecular weight is 374 g/mol. The number of hydrogen-bond acceptors (Lipinski definition) is 4. The van der Waals surface area contributed by atoms with Crippen molar-refractivity contribution in [1.82, 2.24) is 9.80 Å². The van der Waals surface area contributed by atoms with Gasteiger partial charge in [0.05, 0.1) is 0 Å². The van der Waals surface area contributed by atoms with Crippen LogP contribution >= 0.6 is 0 Å². The molecular formula is C22H35N3O2. The molecule has 0 bridgehead atoms. The minimum Gasteiger partial charge on any atom is -0.444 e. The van der Waals surface area contributed by atoms with Gasteiger partial charge in [-0.2, -0.15) is 0 Å². The lowest BCUT2D eigenvalue weighted by molar-refractivity contribution is 0.00942. The van der Waals surface area contributed by atoms with Gasteiger partial charge in [-0.1, -0.05) is 37.1 Å². The third kappa shape index (κ3) is 5.69. The van der Waals surface area contributed by atoms with E-state index in [1.165, 1.54) is 30.4 Å². The highest BCUT2D eigenvalue weighted by Crippen LogP contribution is 2.40. The maximum absolute atomic E-state index is 12.3. The van der Waals surface area contributed by atoms with Gasteiger partial charge in [0.2, 0.25) is 0 Å². The average Bonchev–Trinajstić information content (AvgIpc) is 3.43. The van der Waals surface area contributed by atoms with Crippen LogP contribution in [0.2, 0.25) is 0 Å². The van der Waals surface area contributed by atoms with E-state index < -0.39 is 5.60 Å². The van der Waals surface area contributed by atoms with Gasteiger partial charge in [0, 0.05) is 38.3 Å². The van der Waals surface area contributed by atoms with Gasteiger partial charge in [-0.05, 0) is 51.2 Å². The van der Waals surface area contributed by atoms with Crippen LogP contribution in [0.25, 0.3) is 0 Å². The Kier molecular flexibility index (Phi) is 6.11. The van der Waals surface area contributed by atoms with Crippen molar-refractivity contribution in [2.45, 2.75) is 64.6 Å². The molecule has 2 aliphatic rings. The number of nitrogens with two attached hydrogens (primary N) is 1. The summed E-state index contributed by atoms with van der Waals surface area (Å²) in [7, 11) is 0. The van der Waals surface area contributed by atoms with Crippen LogP contribution in [0.5, 0.6) is 0 Å². The molecule has 1 heterocycles. The fraction of sp³-hybridized carbons (Fsp3) is 0.682. The number of hydrogen-bond donors (Lipinski definition) is 1. The van der Waals surface area contributed by atoms with Crippen molar-refractivity contribution in [3.8, 4) is 0 Å². The van der Waals surface area contributed by atoms with Crippen molar-refractivity contribution < 1.29 is 9.53 Å². The van der Waals surface area contributed by atoms with Crippen LogP contribution in [-0.4, -0.2) is 47.7 Å². The minimum atomic E-state index is -0.440. The molecule has 27 heavy (non-hydrogen) atoms. The van der Waals surface area contributed by atoms with Crippen LogP contribution in [0, 0.1) is 5.92 Å².